The third kappa shape index (κ3) is 2.88. The number of para-hydroxylation sites is 1. The van der Waals surface area contributed by atoms with Gasteiger partial charge in [-0.25, -0.2) is 0 Å². The fourth-order valence-electron chi connectivity index (χ4n) is 2.26. The van der Waals surface area contributed by atoms with Crippen LogP contribution in [0.15, 0.2) is 35.1 Å². The zero-order valence-corrected chi connectivity index (χ0v) is 11.4. The van der Waals surface area contributed by atoms with Crippen molar-refractivity contribution in [1.82, 2.24) is 9.88 Å². The first-order valence-electron chi connectivity index (χ1n) is 6.69. The van der Waals surface area contributed by atoms with Gasteiger partial charge in [0.1, 0.15) is 0 Å². The highest BCUT2D eigenvalue weighted by Gasteiger charge is 2.17. The summed E-state index contributed by atoms with van der Waals surface area (Å²) in [6, 6.07) is 8.54. The predicted octanol–water partition coefficient (Wildman–Crippen LogP) is 1.37. The molecule has 0 saturated heterocycles. The number of amides is 1. The molecule has 5 heteroatoms. The first kappa shape index (κ1) is 14.3. The summed E-state index contributed by atoms with van der Waals surface area (Å²) < 4.78 is 0. The van der Waals surface area contributed by atoms with Crippen LogP contribution >= 0.6 is 0 Å². The molecule has 1 amide bonds. The molecule has 0 fully saturated rings. The van der Waals surface area contributed by atoms with Gasteiger partial charge in [0.15, 0.2) is 0 Å². The molecule has 2 N–H and O–H groups in total. The molecule has 0 saturated carbocycles. The molecule has 0 aliphatic rings. The van der Waals surface area contributed by atoms with Crippen molar-refractivity contribution in [3.8, 4) is 0 Å². The van der Waals surface area contributed by atoms with Gasteiger partial charge in [-0.05, 0) is 12.5 Å². The van der Waals surface area contributed by atoms with Gasteiger partial charge in [-0.3, -0.25) is 9.59 Å². The van der Waals surface area contributed by atoms with E-state index in [2.05, 4.69) is 4.98 Å². The van der Waals surface area contributed by atoms with Crippen LogP contribution in [-0.2, 0) is 0 Å². The molecule has 0 spiro atoms. The van der Waals surface area contributed by atoms with Gasteiger partial charge in [-0.1, -0.05) is 25.1 Å². The second kappa shape index (κ2) is 6.34. The van der Waals surface area contributed by atoms with Gasteiger partial charge in [0.25, 0.3) is 5.91 Å². The van der Waals surface area contributed by atoms with Gasteiger partial charge in [-0.2, -0.15) is 0 Å². The Kier molecular flexibility index (Phi) is 4.53. The number of carbonyl (C=O) groups is 1. The Balaban J connectivity index is 2.50. The van der Waals surface area contributed by atoms with Crippen LogP contribution in [-0.4, -0.2) is 40.6 Å². The monoisotopic (exact) mass is 274 g/mol. The van der Waals surface area contributed by atoms with E-state index in [1.807, 2.05) is 25.1 Å². The number of hydrogen-bond donors (Lipinski definition) is 2. The lowest BCUT2D eigenvalue weighted by molar-refractivity contribution is 0.0723. The second-order valence-electron chi connectivity index (χ2n) is 4.61. The van der Waals surface area contributed by atoms with Gasteiger partial charge in [0, 0.05) is 30.1 Å². The zero-order valence-electron chi connectivity index (χ0n) is 11.4. The Labute approximate surface area is 116 Å². The van der Waals surface area contributed by atoms with E-state index in [4.69, 9.17) is 5.11 Å². The first-order valence-corrected chi connectivity index (χ1v) is 6.69. The number of aromatic nitrogens is 1. The lowest BCUT2D eigenvalue weighted by atomic mass is 10.1. The Morgan fingerprint density at radius 2 is 2.05 bits per heavy atom. The Morgan fingerprint density at radius 3 is 2.75 bits per heavy atom. The number of aromatic amines is 1. The van der Waals surface area contributed by atoms with E-state index in [0.717, 1.165) is 11.8 Å². The third-order valence-corrected chi connectivity index (χ3v) is 3.13. The van der Waals surface area contributed by atoms with Gasteiger partial charge >= 0.3 is 0 Å². The van der Waals surface area contributed by atoms with Crippen molar-refractivity contribution >= 4 is 16.8 Å². The maximum Gasteiger partial charge on any atom is 0.254 e. The molecule has 0 aliphatic carbocycles. The van der Waals surface area contributed by atoms with E-state index >= 15 is 0 Å². The Bertz CT molecular complexity index is 657. The van der Waals surface area contributed by atoms with Crippen molar-refractivity contribution in [3.63, 3.8) is 0 Å². The number of fused-ring (bicyclic) bond motifs is 1. The van der Waals surface area contributed by atoms with Crippen molar-refractivity contribution in [1.29, 1.82) is 0 Å². The lowest BCUT2D eigenvalue weighted by Gasteiger charge is -2.21. The van der Waals surface area contributed by atoms with Crippen LogP contribution < -0.4 is 5.56 Å². The van der Waals surface area contributed by atoms with Crippen molar-refractivity contribution in [2.75, 3.05) is 19.7 Å². The van der Waals surface area contributed by atoms with E-state index in [9.17, 15) is 9.59 Å². The summed E-state index contributed by atoms with van der Waals surface area (Å²) in [6.07, 6.45) is 0.798. The summed E-state index contributed by atoms with van der Waals surface area (Å²) >= 11 is 0. The smallest absolute Gasteiger partial charge is 0.254 e. The van der Waals surface area contributed by atoms with Gasteiger partial charge < -0.3 is 15.0 Å². The van der Waals surface area contributed by atoms with Crippen LogP contribution in [0, 0.1) is 0 Å². The minimum atomic E-state index is -0.299. The number of pyridine rings is 1. The zero-order chi connectivity index (χ0) is 14.5. The van der Waals surface area contributed by atoms with Crippen LogP contribution in [0.2, 0.25) is 0 Å². The van der Waals surface area contributed by atoms with E-state index < -0.39 is 0 Å². The van der Waals surface area contributed by atoms with E-state index in [1.165, 1.54) is 6.07 Å². The average molecular weight is 274 g/mol. The molecule has 2 aromatic rings. The molecule has 0 bridgehead atoms. The summed E-state index contributed by atoms with van der Waals surface area (Å²) in [7, 11) is 0. The fourth-order valence-corrected chi connectivity index (χ4v) is 2.26. The quantitative estimate of drug-likeness (QED) is 0.865. The molecule has 2 rings (SSSR count). The molecule has 20 heavy (non-hydrogen) atoms. The van der Waals surface area contributed by atoms with Gasteiger partial charge in [0.05, 0.1) is 12.2 Å². The number of H-pyrrole nitrogens is 1. The summed E-state index contributed by atoms with van der Waals surface area (Å²) in [5.41, 5.74) is 0.725. The summed E-state index contributed by atoms with van der Waals surface area (Å²) in [4.78, 5) is 28.5. The van der Waals surface area contributed by atoms with Crippen LogP contribution in [0.3, 0.4) is 0 Å². The molecule has 0 atom stereocenters. The maximum absolute atomic E-state index is 12.6. The minimum absolute atomic E-state index is 0.0904. The molecular formula is C15H18N2O3. The summed E-state index contributed by atoms with van der Waals surface area (Å²) in [5.74, 6) is -0.219. The van der Waals surface area contributed by atoms with Crippen molar-refractivity contribution in [3.05, 3.63) is 46.2 Å². The Hall–Kier alpha value is -2.14. The Morgan fingerprint density at radius 1 is 1.30 bits per heavy atom. The van der Waals surface area contributed by atoms with Crippen molar-refractivity contribution < 1.29 is 9.90 Å². The predicted molar refractivity (Wildman–Crippen MR) is 77.8 cm³/mol. The number of benzene rings is 1. The molecule has 106 valence electrons. The molecule has 0 unspecified atom stereocenters. The average Bonchev–Trinajstić information content (AvgIpc) is 2.45. The van der Waals surface area contributed by atoms with Gasteiger partial charge in [0.2, 0.25) is 5.56 Å². The van der Waals surface area contributed by atoms with Crippen molar-refractivity contribution in [2.24, 2.45) is 0 Å². The molecule has 0 aliphatic heterocycles. The number of aliphatic hydroxyl groups excluding tert-OH is 1. The molecular weight excluding hydrogens is 256 g/mol. The maximum atomic E-state index is 12.6. The molecule has 1 aromatic carbocycles. The molecule has 5 nitrogen and oxygen atoms in total. The topological polar surface area (TPSA) is 73.4 Å². The normalized spacial score (nSPS) is 10.7. The number of hydrogen-bond acceptors (Lipinski definition) is 3. The molecule has 1 heterocycles. The highest BCUT2D eigenvalue weighted by atomic mass is 16.3. The lowest BCUT2D eigenvalue weighted by Crippen LogP contribution is -2.35. The third-order valence-electron chi connectivity index (χ3n) is 3.13. The number of aliphatic hydroxyl groups is 1. The standard InChI is InChI=1S/C15H18N2O3/c1-2-7-17(8-9-18)15(20)12-10-14(19)16-13-6-4-3-5-11(12)13/h3-6,10,18H,2,7-9H2,1H3,(H,16,19). The number of carbonyl (C=O) groups excluding carboxylic acids is 1. The largest absolute Gasteiger partial charge is 0.395 e. The molecule has 0 radical (unpaired) electrons. The number of nitrogens with zero attached hydrogens (tertiary/aromatic N) is 1. The van der Waals surface area contributed by atoms with Crippen molar-refractivity contribution in [2.45, 2.75) is 13.3 Å². The highest BCUT2D eigenvalue weighted by Crippen LogP contribution is 2.16. The molecule has 1 aromatic heterocycles. The SMILES string of the molecule is CCCN(CCO)C(=O)c1cc(=O)[nH]c2ccccc12. The van der Waals surface area contributed by atoms with E-state index in [-0.39, 0.29) is 24.6 Å². The minimum Gasteiger partial charge on any atom is -0.395 e. The van der Waals surface area contributed by atoms with Crippen LogP contribution in [0.1, 0.15) is 23.7 Å². The summed E-state index contributed by atoms with van der Waals surface area (Å²) in [5, 5.41) is 9.78. The summed E-state index contributed by atoms with van der Waals surface area (Å²) in [6.45, 7) is 2.70. The van der Waals surface area contributed by atoms with E-state index in [1.54, 1.807) is 11.0 Å². The highest BCUT2D eigenvalue weighted by molar-refractivity contribution is 6.05. The van der Waals surface area contributed by atoms with Crippen LogP contribution in [0.5, 0.6) is 0 Å². The first-order chi connectivity index (χ1) is 9.67. The van der Waals surface area contributed by atoms with Crippen LogP contribution in [0.4, 0.5) is 0 Å². The van der Waals surface area contributed by atoms with Crippen LogP contribution in [0.25, 0.3) is 10.9 Å². The van der Waals surface area contributed by atoms with E-state index in [0.29, 0.717) is 17.6 Å². The van der Waals surface area contributed by atoms with Gasteiger partial charge in [-0.15, -0.1) is 0 Å². The number of rotatable bonds is 5. The number of nitrogens with one attached hydrogen (secondary N) is 1. The second-order valence-corrected chi connectivity index (χ2v) is 4.61. The fraction of sp³-hybridized carbons (Fsp3) is 0.333.